The Labute approximate surface area is 108 Å². The highest BCUT2D eigenvalue weighted by atomic mass is 14.9. The highest BCUT2D eigenvalue weighted by molar-refractivity contribution is 5.16. The maximum Gasteiger partial charge on any atom is -0.000967 e. The summed E-state index contributed by atoms with van der Waals surface area (Å²) < 4.78 is 0. The molecule has 2 aliphatic rings. The molecule has 0 aliphatic heterocycles. The van der Waals surface area contributed by atoms with E-state index in [-0.39, 0.29) is 0 Å². The zero-order valence-electron chi connectivity index (χ0n) is 12.5. The van der Waals surface area contributed by atoms with Crippen molar-refractivity contribution < 1.29 is 0 Å². The maximum absolute atomic E-state index is 3.67. The summed E-state index contributed by atoms with van der Waals surface area (Å²) in [5, 5.41) is 3.67. The number of rotatable bonds is 6. The lowest BCUT2D eigenvalue weighted by Gasteiger charge is -2.30. The molecule has 1 heteroatoms. The van der Waals surface area contributed by atoms with Crippen molar-refractivity contribution in [3.05, 3.63) is 0 Å². The van der Waals surface area contributed by atoms with Crippen LogP contribution >= 0.6 is 0 Å². The van der Waals surface area contributed by atoms with Gasteiger partial charge in [0.1, 0.15) is 0 Å². The molecule has 0 amide bonds. The first-order chi connectivity index (χ1) is 7.88. The van der Waals surface area contributed by atoms with E-state index in [1.807, 2.05) is 0 Å². The van der Waals surface area contributed by atoms with Gasteiger partial charge >= 0.3 is 0 Å². The summed E-state index contributed by atoms with van der Waals surface area (Å²) in [6.07, 6.45) is 5.96. The predicted octanol–water partition coefficient (Wildman–Crippen LogP) is 4.08. The van der Waals surface area contributed by atoms with Gasteiger partial charge in [0.2, 0.25) is 0 Å². The number of hydrogen-bond acceptors (Lipinski definition) is 1. The molecule has 17 heavy (non-hydrogen) atoms. The van der Waals surface area contributed by atoms with Gasteiger partial charge in [0, 0.05) is 0 Å². The van der Waals surface area contributed by atoms with Crippen molar-refractivity contribution in [2.45, 2.75) is 60.3 Å². The fourth-order valence-corrected chi connectivity index (χ4v) is 3.90. The van der Waals surface area contributed by atoms with Crippen LogP contribution in [-0.2, 0) is 0 Å². The van der Waals surface area contributed by atoms with Crippen molar-refractivity contribution >= 4 is 0 Å². The van der Waals surface area contributed by atoms with E-state index in [1.54, 1.807) is 0 Å². The van der Waals surface area contributed by atoms with E-state index >= 15 is 0 Å². The predicted molar refractivity (Wildman–Crippen MR) is 75.0 cm³/mol. The van der Waals surface area contributed by atoms with Crippen LogP contribution in [0.3, 0.4) is 0 Å². The van der Waals surface area contributed by atoms with E-state index in [9.17, 15) is 0 Å². The summed E-state index contributed by atoms with van der Waals surface area (Å²) in [6.45, 7) is 14.5. The second kappa shape index (κ2) is 4.57. The quantitative estimate of drug-likeness (QED) is 0.734. The van der Waals surface area contributed by atoms with E-state index in [2.05, 4.69) is 39.9 Å². The van der Waals surface area contributed by atoms with Crippen LogP contribution in [0.25, 0.3) is 0 Å². The van der Waals surface area contributed by atoms with Crippen LogP contribution < -0.4 is 5.32 Å². The van der Waals surface area contributed by atoms with E-state index < -0.39 is 0 Å². The first-order valence-corrected chi connectivity index (χ1v) is 7.58. The Balaban J connectivity index is 1.81. The van der Waals surface area contributed by atoms with E-state index in [0.29, 0.717) is 10.8 Å². The molecule has 2 aliphatic carbocycles. The minimum absolute atomic E-state index is 0.562. The molecule has 2 rings (SSSR count). The Morgan fingerprint density at radius 3 is 2.29 bits per heavy atom. The molecule has 2 atom stereocenters. The molecule has 2 saturated carbocycles. The summed E-state index contributed by atoms with van der Waals surface area (Å²) in [6, 6.07) is 0. The van der Waals surface area contributed by atoms with Crippen molar-refractivity contribution in [3.8, 4) is 0 Å². The fraction of sp³-hybridized carbons (Fsp3) is 1.00. The van der Waals surface area contributed by atoms with Gasteiger partial charge in [0.15, 0.2) is 0 Å². The summed E-state index contributed by atoms with van der Waals surface area (Å²) in [5.74, 6) is 2.72. The van der Waals surface area contributed by atoms with Crippen molar-refractivity contribution in [2.75, 3.05) is 13.1 Å². The van der Waals surface area contributed by atoms with Crippen molar-refractivity contribution in [1.82, 2.24) is 5.32 Å². The molecule has 100 valence electrons. The topological polar surface area (TPSA) is 12.0 Å². The average molecular weight is 237 g/mol. The Morgan fingerprint density at radius 2 is 1.82 bits per heavy atom. The van der Waals surface area contributed by atoms with Gasteiger partial charge in [0.05, 0.1) is 0 Å². The monoisotopic (exact) mass is 237 g/mol. The second-order valence-electron chi connectivity index (χ2n) is 7.74. The van der Waals surface area contributed by atoms with Crippen molar-refractivity contribution in [3.63, 3.8) is 0 Å². The van der Waals surface area contributed by atoms with Crippen LogP contribution in [0.1, 0.15) is 60.3 Å². The SMILES string of the molecule is CC(C)CNCC1C(C)(C)C1(C)CC1CCC1. The molecule has 0 aromatic rings. The third-order valence-corrected chi connectivity index (χ3v) is 5.87. The molecule has 0 aromatic carbocycles. The van der Waals surface area contributed by atoms with Gasteiger partial charge < -0.3 is 5.32 Å². The molecule has 1 N–H and O–H groups in total. The third-order valence-electron chi connectivity index (χ3n) is 5.87. The zero-order chi connectivity index (χ0) is 12.7. The molecule has 0 aromatic heterocycles. The van der Waals surface area contributed by atoms with Gasteiger partial charge in [-0.05, 0) is 48.1 Å². The highest BCUT2D eigenvalue weighted by Gasteiger charge is 2.67. The van der Waals surface area contributed by atoms with E-state index in [1.165, 1.54) is 38.8 Å². The largest absolute Gasteiger partial charge is 0.316 e. The zero-order valence-corrected chi connectivity index (χ0v) is 12.5. The lowest BCUT2D eigenvalue weighted by Crippen LogP contribution is -2.24. The van der Waals surface area contributed by atoms with E-state index in [4.69, 9.17) is 0 Å². The van der Waals surface area contributed by atoms with Crippen LogP contribution in [-0.4, -0.2) is 13.1 Å². The minimum atomic E-state index is 0.562. The summed E-state index contributed by atoms with van der Waals surface area (Å²) in [7, 11) is 0. The first kappa shape index (κ1) is 13.4. The molecule has 0 spiro atoms. The molecule has 2 unspecified atom stereocenters. The average Bonchev–Trinajstić information content (AvgIpc) is 2.57. The van der Waals surface area contributed by atoms with Crippen molar-refractivity contribution in [1.29, 1.82) is 0 Å². The summed E-state index contributed by atoms with van der Waals surface area (Å²) in [4.78, 5) is 0. The third kappa shape index (κ3) is 2.41. The normalized spacial score (nSPS) is 36.0. The Kier molecular flexibility index (Phi) is 3.60. The Hall–Kier alpha value is -0.0400. The van der Waals surface area contributed by atoms with Crippen LogP contribution in [0.2, 0.25) is 0 Å². The van der Waals surface area contributed by atoms with Crippen molar-refractivity contribution in [2.24, 2.45) is 28.6 Å². The van der Waals surface area contributed by atoms with Gasteiger partial charge in [-0.1, -0.05) is 53.9 Å². The second-order valence-corrected chi connectivity index (χ2v) is 7.74. The molecule has 0 saturated heterocycles. The highest BCUT2D eigenvalue weighted by Crippen LogP contribution is 2.71. The van der Waals surface area contributed by atoms with Crippen LogP contribution in [0.5, 0.6) is 0 Å². The fourth-order valence-electron chi connectivity index (χ4n) is 3.90. The minimum Gasteiger partial charge on any atom is -0.316 e. The number of nitrogens with one attached hydrogen (secondary N) is 1. The number of hydrogen-bond donors (Lipinski definition) is 1. The lowest BCUT2D eigenvalue weighted by atomic mass is 9.76. The molecular weight excluding hydrogens is 206 g/mol. The van der Waals surface area contributed by atoms with Crippen LogP contribution in [0.15, 0.2) is 0 Å². The molecular formula is C16H31N. The lowest BCUT2D eigenvalue weighted by molar-refractivity contribution is 0.218. The van der Waals surface area contributed by atoms with Crippen LogP contribution in [0.4, 0.5) is 0 Å². The Bertz CT molecular complexity index is 265. The standard InChI is InChI=1S/C16H31N/c1-12(2)10-17-11-14-15(3,4)16(14,5)9-13-7-6-8-13/h12-14,17H,6-11H2,1-5H3. The Morgan fingerprint density at radius 1 is 1.18 bits per heavy atom. The van der Waals surface area contributed by atoms with Gasteiger partial charge in [-0.3, -0.25) is 0 Å². The molecule has 1 nitrogen and oxygen atoms in total. The van der Waals surface area contributed by atoms with E-state index in [0.717, 1.165) is 17.8 Å². The summed E-state index contributed by atoms with van der Waals surface area (Å²) >= 11 is 0. The molecule has 2 fully saturated rings. The van der Waals surface area contributed by atoms with Gasteiger partial charge in [-0.15, -0.1) is 0 Å². The smallest absolute Gasteiger partial charge is 0.000967 e. The van der Waals surface area contributed by atoms with Gasteiger partial charge in [-0.2, -0.15) is 0 Å². The molecule has 0 heterocycles. The summed E-state index contributed by atoms with van der Waals surface area (Å²) in [5.41, 5.74) is 1.18. The molecule has 0 bridgehead atoms. The first-order valence-electron chi connectivity index (χ1n) is 7.58. The van der Waals surface area contributed by atoms with Crippen LogP contribution in [0, 0.1) is 28.6 Å². The maximum atomic E-state index is 3.67. The van der Waals surface area contributed by atoms with Gasteiger partial charge in [0.25, 0.3) is 0 Å². The molecule has 0 radical (unpaired) electrons. The van der Waals surface area contributed by atoms with Gasteiger partial charge in [-0.25, -0.2) is 0 Å².